The molecule has 0 bridgehead atoms. The van der Waals surface area contributed by atoms with Gasteiger partial charge in [0, 0.05) is 22.9 Å². The molecule has 0 radical (unpaired) electrons. The average Bonchev–Trinajstić information content (AvgIpc) is 3.56. The molecule has 7 heteroatoms. The van der Waals surface area contributed by atoms with E-state index in [4.69, 9.17) is 5.10 Å². The fourth-order valence-electron chi connectivity index (χ4n) is 3.83. The highest BCUT2D eigenvalue weighted by Gasteiger charge is 2.15. The molecule has 0 saturated heterocycles. The number of aromatic nitrogens is 5. The maximum absolute atomic E-state index is 13.2. The summed E-state index contributed by atoms with van der Waals surface area (Å²) in [5, 5.41) is 9.30. The lowest BCUT2D eigenvalue weighted by Crippen LogP contribution is -2.23. The quantitative estimate of drug-likeness (QED) is 0.387. The van der Waals surface area contributed by atoms with E-state index in [-0.39, 0.29) is 5.56 Å². The van der Waals surface area contributed by atoms with E-state index >= 15 is 0 Å². The largest absolute Gasteiger partial charge is 0.291 e. The second-order valence-corrected chi connectivity index (χ2v) is 9.00. The molecule has 0 N–H and O–H groups in total. The third-order valence-corrected chi connectivity index (χ3v) is 6.55. The fourth-order valence-corrected chi connectivity index (χ4v) is 4.72. The molecule has 3 aromatic heterocycles. The van der Waals surface area contributed by atoms with E-state index in [1.54, 1.807) is 0 Å². The lowest BCUT2D eigenvalue weighted by atomic mass is 10.1. The summed E-state index contributed by atoms with van der Waals surface area (Å²) in [6.45, 7) is 2.06. The maximum Gasteiger partial charge on any atom is 0.291 e. The number of benzene rings is 3. The first-order chi connectivity index (χ1) is 16.7. The number of hydrogen-bond acceptors (Lipinski definition) is 5. The van der Waals surface area contributed by atoms with Gasteiger partial charge in [-0.15, -0.1) is 5.10 Å². The minimum absolute atomic E-state index is 0.183. The van der Waals surface area contributed by atoms with Crippen LogP contribution in [0.2, 0.25) is 0 Å². The van der Waals surface area contributed by atoms with Crippen molar-refractivity contribution in [2.24, 2.45) is 0 Å². The Bertz CT molecular complexity index is 1720. The lowest BCUT2D eigenvalue weighted by molar-refractivity contribution is 0.884. The summed E-state index contributed by atoms with van der Waals surface area (Å²) < 4.78 is 3.79. The van der Waals surface area contributed by atoms with Crippen molar-refractivity contribution < 1.29 is 0 Å². The predicted octanol–water partition coefficient (Wildman–Crippen LogP) is 4.53. The summed E-state index contributed by atoms with van der Waals surface area (Å²) in [6.07, 6.45) is 3.84. The number of aryl methyl sites for hydroxylation is 1. The molecule has 3 heterocycles. The van der Waals surface area contributed by atoms with Crippen LogP contribution >= 0.6 is 11.3 Å². The summed E-state index contributed by atoms with van der Waals surface area (Å²) >= 11 is 1.33. The van der Waals surface area contributed by atoms with E-state index in [9.17, 15) is 4.79 Å². The Kier molecular flexibility index (Phi) is 4.89. The van der Waals surface area contributed by atoms with Crippen molar-refractivity contribution in [3.05, 3.63) is 117 Å². The topological polar surface area (TPSA) is 65.1 Å². The van der Waals surface area contributed by atoms with Gasteiger partial charge < -0.3 is 0 Å². The summed E-state index contributed by atoms with van der Waals surface area (Å²) in [4.78, 5) is 18.3. The van der Waals surface area contributed by atoms with Gasteiger partial charge in [0.25, 0.3) is 5.56 Å². The highest BCUT2D eigenvalue weighted by Crippen LogP contribution is 2.25. The SMILES string of the molecule is Cc1ccc(-c2nn(-c3ccccc3)cc2C=c2sc3nc(-c4ccccc4)nn3c2=O)cc1. The van der Waals surface area contributed by atoms with Crippen LogP contribution in [-0.2, 0) is 0 Å². The van der Waals surface area contributed by atoms with Crippen LogP contribution in [0, 0.1) is 6.92 Å². The molecule has 0 atom stereocenters. The average molecular weight is 462 g/mol. The first-order valence-corrected chi connectivity index (χ1v) is 11.7. The zero-order valence-electron chi connectivity index (χ0n) is 18.3. The maximum atomic E-state index is 13.2. The highest BCUT2D eigenvalue weighted by molar-refractivity contribution is 7.15. The molecule has 0 aliphatic rings. The minimum Gasteiger partial charge on any atom is -0.266 e. The van der Waals surface area contributed by atoms with Gasteiger partial charge in [-0.05, 0) is 25.1 Å². The molecule has 0 saturated carbocycles. The Labute approximate surface area is 199 Å². The van der Waals surface area contributed by atoms with Crippen LogP contribution in [0.1, 0.15) is 11.1 Å². The lowest BCUT2D eigenvalue weighted by Gasteiger charge is -2.01. The smallest absolute Gasteiger partial charge is 0.266 e. The van der Waals surface area contributed by atoms with Gasteiger partial charge in [-0.2, -0.15) is 14.6 Å². The molecule has 3 aromatic carbocycles. The zero-order valence-corrected chi connectivity index (χ0v) is 19.1. The van der Waals surface area contributed by atoms with E-state index in [0.29, 0.717) is 15.3 Å². The van der Waals surface area contributed by atoms with E-state index in [0.717, 1.165) is 28.1 Å². The van der Waals surface area contributed by atoms with Crippen LogP contribution in [0.5, 0.6) is 0 Å². The molecule has 34 heavy (non-hydrogen) atoms. The number of thiazole rings is 1. The predicted molar refractivity (Wildman–Crippen MR) is 135 cm³/mol. The van der Waals surface area contributed by atoms with Crippen LogP contribution in [0.25, 0.3) is 39.4 Å². The van der Waals surface area contributed by atoms with Gasteiger partial charge in [-0.3, -0.25) is 4.79 Å². The van der Waals surface area contributed by atoms with Crippen molar-refractivity contribution in [1.82, 2.24) is 24.4 Å². The zero-order chi connectivity index (χ0) is 23.1. The molecule has 0 unspecified atom stereocenters. The summed E-state index contributed by atoms with van der Waals surface area (Å²) in [6, 6.07) is 27.8. The number of rotatable bonds is 4. The number of nitrogens with zero attached hydrogens (tertiary/aromatic N) is 5. The molecule has 0 spiro atoms. The highest BCUT2D eigenvalue weighted by atomic mass is 32.1. The van der Waals surface area contributed by atoms with Gasteiger partial charge in [-0.1, -0.05) is 89.7 Å². The monoisotopic (exact) mass is 461 g/mol. The second-order valence-electron chi connectivity index (χ2n) is 7.99. The van der Waals surface area contributed by atoms with E-state index in [1.165, 1.54) is 21.4 Å². The third kappa shape index (κ3) is 3.62. The number of para-hydroxylation sites is 1. The van der Waals surface area contributed by atoms with Crippen LogP contribution < -0.4 is 10.1 Å². The Hall–Kier alpha value is -4.36. The van der Waals surface area contributed by atoms with Gasteiger partial charge in [0.05, 0.1) is 15.9 Å². The molecule has 0 amide bonds. The van der Waals surface area contributed by atoms with E-state index < -0.39 is 0 Å². The minimum atomic E-state index is -0.183. The van der Waals surface area contributed by atoms with Crippen molar-refractivity contribution in [1.29, 1.82) is 0 Å². The molecule has 6 aromatic rings. The van der Waals surface area contributed by atoms with Crippen LogP contribution in [0.15, 0.2) is 95.9 Å². The summed E-state index contributed by atoms with van der Waals surface area (Å²) in [5.41, 5.74) is 5.49. The van der Waals surface area contributed by atoms with Crippen LogP contribution in [0.4, 0.5) is 0 Å². The Morgan fingerprint density at radius 2 is 1.53 bits per heavy atom. The van der Waals surface area contributed by atoms with Gasteiger partial charge >= 0.3 is 0 Å². The van der Waals surface area contributed by atoms with Crippen LogP contribution in [-0.4, -0.2) is 24.4 Å². The summed E-state index contributed by atoms with van der Waals surface area (Å²) in [7, 11) is 0. The van der Waals surface area contributed by atoms with Gasteiger partial charge in [0.2, 0.25) is 4.96 Å². The van der Waals surface area contributed by atoms with Crippen molar-refractivity contribution in [3.63, 3.8) is 0 Å². The Balaban J connectivity index is 1.50. The van der Waals surface area contributed by atoms with Crippen molar-refractivity contribution in [2.45, 2.75) is 6.92 Å². The first-order valence-electron chi connectivity index (χ1n) is 10.8. The molecule has 164 valence electrons. The van der Waals surface area contributed by atoms with E-state index in [1.807, 2.05) is 77.6 Å². The van der Waals surface area contributed by atoms with Crippen molar-refractivity contribution >= 4 is 22.4 Å². The van der Waals surface area contributed by atoms with Crippen LogP contribution in [0.3, 0.4) is 0 Å². The first kappa shape index (κ1) is 20.3. The second kappa shape index (κ2) is 8.20. The van der Waals surface area contributed by atoms with Gasteiger partial charge in [0.1, 0.15) is 0 Å². The van der Waals surface area contributed by atoms with Gasteiger partial charge in [0.15, 0.2) is 5.82 Å². The fraction of sp³-hybridized carbons (Fsp3) is 0.0370. The Morgan fingerprint density at radius 1 is 0.824 bits per heavy atom. The van der Waals surface area contributed by atoms with Gasteiger partial charge in [-0.25, -0.2) is 4.68 Å². The summed E-state index contributed by atoms with van der Waals surface area (Å²) in [5.74, 6) is 0.549. The molecular weight excluding hydrogens is 442 g/mol. The molecule has 6 rings (SSSR count). The molecule has 0 aliphatic heterocycles. The third-order valence-electron chi connectivity index (χ3n) is 5.59. The van der Waals surface area contributed by atoms with Crippen molar-refractivity contribution in [3.8, 4) is 28.3 Å². The van der Waals surface area contributed by atoms with E-state index in [2.05, 4.69) is 41.3 Å². The normalized spacial score (nSPS) is 12.0. The number of fused-ring (bicyclic) bond motifs is 1. The molecular formula is C27H19N5OS. The number of hydrogen-bond donors (Lipinski definition) is 0. The molecule has 0 fully saturated rings. The van der Waals surface area contributed by atoms with Crippen molar-refractivity contribution in [2.75, 3.05) is 0 Å². The molecule has 0 aliphatic carbocycles. The molecule has 6 nitrogen and oxygen atoms in total. The Morgan fingerprint density at radius 3 is 2.24 bits per heavy atom. The standard InChI is InChI=1S/C27H19N5OS/c1-18-12-14-19(15-13-18)24-21(17-31(29-24)22-10-6-3-7-11-22)16-23-26(33)32-27(34-23)28-25(30-32)20-8-4-2-5-9-20/h2-17H,1H3.